The number of hydrogen-bond donors (Lipinski definition) is 1. The first-order valence-corrected chi connectivity index (χ1v) is 8.18. The zero-order valence-electron chi connectivity index (χ0n) is 14.8. The summed E-state index contributed by atoms with van der Waals surface area (Å²) in [5, 5.41) is 2.98. The van der Waals surface area contributed by atoms with Crippen molar-refractivity contribution in [3.05, 3.63) is 58.7 Å². The zero-order chi connectivity index (χ0) is 17.5. The van der Waals surface area contributed by atoms with Crippen LogP contribution in [0.4, 0.5) is 5.69 Å². The number of amides is 1. The third kappa shape index (κ3) is 4.59. The summed E-state index contributed by atoms with van der Waals surface area (Å²) in [7, 11) is 1.62. The SMILES string of the molecule is CCCOCc1cc(C(=O)Nc2cc(C)ccc2C)ccc1OC. The quantitative estimate of drug-likeness (QED) is 0.762. The van der Waals surface area contributed by atoms with Crippen molar-refractivity contribution in [1.82, 2.24) is 0 Å². The van der Waals surface area contributed by atoms with Crippen molar-refractivity contribution in [1.29, 1.82) is 0 Å². The highest BCUT2D eigenvalue weighted by Crippen LogP contribution is 2.23. The predicted octanol–water partition coefficient (Wildman–Crippen LogP) is 4.49. The van der Waals surface area contributed by atoms with Crippen molar-refractivity contribution in [3.8, 4) is 5.75 Å². The second kappa shape index (κ2) is 8.50. The van der Waals surface area contributed by atoms with Gasteiger partial charge in [-0.15, -0.1) is 0 Å². The number of nitrogens with one attached hydrogen (secondary N) is 1. The normalized spacial score (nSPS) is 10.5. The van der Waals surface area contributed by atoms with Crippen molar-refractivity contribution in [2.24, 2.45) is 0 Å². The van der Waals surface area contributed by atoms with Crippen LogP contribution in [0.15, 0.2) is 36.4 Å². The Morgan fingerprint density at radius 2 is 1.92 bits per heavy atom. The number of carbonyl (C=O) groups is 1. The first-order chi connectivity index (χ1) is 11.5. The fraction of sp³-hybridized carbons (Fsp3) is 0.350. The fourth-order valence-corrected chi connectivity index (χ4v) is 2.42. The van der Waals surface area contributed by atoms with E-state index in [1.165, 1.54) is 0 Å². The van der Waals surface area contributed by atoms with Gasteiger partial charge in [0.25, 0.3) is 5.91 Å². The number of benzene rings is 2. The number of methoxy groups -OCH3 is 1. The molecule has 2 rings (SSSR count). The molecule has 0 bridgehead atoms. The van der Waals surface area contributed by atoms with Gasteiger partial charge in [0.1, 0.15) is 5.75 Å². The van der Waals surface area contributed by atoms with E-state index in [1.54, 1.807) is 13.2 Å². The fourth-order valence-electron chi connectivity index (χ4n) is 2.42. The molecule has 2 aromatic carbocycles. The van der Waals surface area contributed by atoms with Crippen LogP contribution in [-0.4, -0.2) is 19.6 Å². The second-order valence-electron chi connectivity index (χ2n) is 5.85. The molecule has 0 spiro atoms. The van der Waals surface area contributed by atoms with Crippen LogP contribution >= 0.6 is 0 Å². The lowest BCUT2D eigenvalue weighted by Crippen LogP contribution is -2.13. The number of rotatable bonds is 7. The van der Waals surface area contributed by atoms with Gasteiger partial charge in [-0.05, 0) is 55.7 Å². The molecule has 1 N–H and O–H groups in total. The van der Waals surface area contributed by atoms with Gasteiger partial charge in [-0.2, -0.15) is 0 Å². The molecule has 1 amide bonds. The van der Waals surface area contributed by atoms with Gasteiger partial charge >= 0.3 is 0 Å². The molecule has 24 heavy (non-hydrogen) atoms. The van der Waals surface area contributed by atoms with E-state index in [0.717, 1.165) is 34.5 Å². The highest BCUT2D eigenvalue weighted by Gasteiger charge is 2.12. The Balaban J connectivity index is 2.19. The highest BCUT2D eigenvalue weighted by molar-refractivity contribution is 6.04. The molecule has 0 saturated heterocycles. The van der Waals surface area contributed by atoms with E-state index in [-0.39, 0.29) is 5.91 Å². The van der Waals surface area contributed by atoms with Gasteiger partial charge in [0.05, 0.1) is 13.7 Å². The molecule has 0 heterocycles. The van der Waals surface area contributed by atoms with Crippen LogP contribution in [0.2, 0.25) is 0 Å². The van der Waals surface area contributed by atoms with Crippen molar-refractivity contribution in [2.75, 3.05) is 19.0 Å². The van der Waals surface area contributed by atoms with Gasteiger partial charge in [0.2, 0.25) is 0 Å². The van der Waals surface area contributed by atoms with Crippen LogP contribution in [-0.2, 0) is 11.3 Å². The second-order valence-corrected chi connectivity index (χ2v) is 5.85. The molecular weight excluding hydrogens is 302 g/mol. The molecule has 0 aromatic heterocycles. The van der Waals surface area contributed by atoms with E-state index in [1.807, 2.05) is 44.2 Å². The monoisotopic (exact) mass is 327 g/mol. The molecule has 0 saturated carbocycles. The summed E-state index contributed by atoms with van der Waals surface area (Å²) in [5.41, 5.74) is 4.44. The molecule has 0 fully saturated rings. The van der Waals surface area contributed by atoms with Crippen molar-refractivity contribution >= 4 is 11.6 Å². The average Bonchev–Trinajstić information content (AvgIpc) is 2.58. The molecule has 0 aliphatic rings. The van der Waals surface area contributed by atoms with Crippen molar-refractivity contribution in [2.45, 2.75) is 33.8 Å². The summed E-state index contributed by atoms with van der Waals surface area (Å²) in [4.78, 5) is 12.6. The third-order valence-corrected chi connectivity index (χ3v) is 3.79. The lowest BCUT2D eigenvalue weighted by molar-refractivity contribution is 0.102. The number of ether oxygens (including phenoxy) is 2. The molecule has 2 aromatic rings. The summed E-state index contributed by atoms with van der Waals surface area (Å²) < 4.78 is 10.9. The van der Waals surface area contributed by atoms with Gasteiger partial charge in [-0.3, -0.25) is 4.79 Å². The summed E-state index contributed by atoms with van der Waals surface area (Å²) in [6, 6.07) is 11.4. The lowest BCUT2D eigenvalue weighted by atomic mass is 10.1. The molecule has 0 aliphatic heterocycles. The van der Waals surface area contributed by atoms with E-state index in [0.29, 0.717) is 18.8 Å². The molecular formula is C20H25NO3. The Morgan fingerprint density at radius 1 is 1.12 bits per heavy atom. The average molecular weight is 327 g/mol. The van der Waals surface area contributed by atoms with Crippen LogP contribution in [0.5, 0.6) is 5.75 Å². The molecule has 0 aliphatic carbocycles. The van der Waals surface area contributed by atoms with E-state index in [2.05, 4.69) is 12.2 Å². The van der Waals surface area contributed by atoms with Crippen molar-refractivity contribution in [3.63, 3.8) is 0 Å². The van der Waals surface area contributed by atoms with E-state index >= 15 is 0 Å². The van der Waals surface area contributed by atoms with E-state index in [4.69, 9.17) is 9.47 Å². The van der Waals surface area contributed by atoms with Crippen molar-refractivity contribution < 1.29 is 14.3 Å². The maximum Gasteiger partial charge on any atom is 0.255 e. The van der Waals surface area contributed by atoms with Gasteiger partial charge in [-0.25, -0.2) is 0 Å². The summed E-state index contributed by atoms with van der Waals surface area (Å²) in [6.45, 7) is 7.16. The summed E-state index contributed by atoms with van der Waals surface area (Å²) >= 11 is 0. The van der Waals surface area contributed by atoms with Gasteiger partial charge in [0, 0.05) is 23.4 Å². The van der Waals surface area contributed by atoms with Crippen LogP contribution in [0.25, 0.3) is 0 Å². The minimum absolute atomic E-state index is 0.136. The van der Waals surface area contributed by atoms with E-state index in [9.17, 15) is 4.79 Å². The minimum Gasteiger partial charge on any atom is -0.496 e. The highest BCUT2D eigenvalue weighted by atomic mass is 16.5. The molecule has 128 valence electrons. The van der Waals surface area contributed by atoms with Crippen LogP contribution in [0.3, 0.4) is 0 Å². The Hall–Kier alpha value is -2.33. The third-order valence-electron chi connectivity index (χ3n) is 3.79. The maximum atomic E-state index is 12.6. The largest absolute Gasteiger partial charge is 0.496 e. The molecule has 0 atom stereocenters. The molecule has 0 radical (unpaired) electrons. The number of hydrogen-bond acceptors (Lipinski definition) is 3. The van der Waals surface area contributed by atoms with E-state index < -0.39 is 0 Å². The Bertz CT molecular complexity index is 710. The first kappa shape index (κ1) is 18.0. The van der Waals surface area contributed by atoms with Gasteiger partial charge in [-0.1, -0.05) is 19.1 Å². The molecule has 4 nitrogen and oxygen atoms in total. The summed E-state index contributed by atoms with van der Waals surface area (Å²) in [5.74, 6) is 0.595. The van der Waals surface area contributed by atoms with Crippen LogP contribution in [0.1, 0.15) is 40.4 Å². The number of carbonyl (C=O) groups excluding carboxylic acids is 1. The number of aryl methyl sites for hydroxylation is 2. The zero-order valence-corrected chi connectivity index (χ0v) is 14.8. The van der Waals surface area contributed by atoms with Crippen LogP contribution in [0, 0.1) is 13.8 Å². The van der Waals surface area contributed by atoms with Crippen LogP contribution < -0.4 is 10.1 Å². The maximum absolute atomic E-state index is 12.6. The Kier molecular flexibility index (Phi) is 6.38. The molecule has 4 heteroatoms. The smallest absolute Gasteiger partial charge is 0.255 e. The Labute approximate surface area is 143 Å². The van der Waals surface area contributed by atoms with Gasteiger partial charge in [0.15, 0.2) is 0 Å². The molecule has 0 unspecified atom stereocenters. The topological polar surface area (TPSA) is 47.6 Å². The predicted molar refractivity (Wildman–Crippen MR) is 96.8 cm³/mol. The van der Waals surface area contributed by atoms with Gasteiger partial charge < -0.3 is 14.8 Å². The Morgan fingerprint density at radius 3 is 2.62 bits per heavy atom. The number of anilines is 1. The summed E-state index contributed by atoms with van der Waals surface area (Å²) in [6.07, 6.45) is 0.953. The standard InChI is InChI=1S/C20H25NO3/c1-5-10-24-13-17-12-16(8-9-19(17)23-4)20(22)21-18-11-14(2)6-7-15(18)3/h6-9,11-12H,5,10,13H2,1-4H3,(H,21,22). The lowest BCUT2D eigenvalue weighted by Gasteiger charge is -2.13. The minimum atomic E-state index is -0.136. The first-order valence-electron chi connectivity index (χ1n) is 8.18.